The van der Waals surface area contributed by atoms with E-state index in [2.05, 4.69) is 6.92 Å². The number of Topliss-reactive ketones (excluding diaryl/α,β-unsaturated/α-hetero) is 2. The predicted molar refractivity (Wildman–Crippen MR) is 102 cm³/mol. The Balaban J connectivity index is 1.99. The van der Waals surface area contributed by atoms with Crippen LogP contribution in [0.5, 0.6) is 5.75 Å². The van der Waals surface area contributed by atoms with Gasteiger partial charge in [0.05, 0.1) is 25.7 Å². The Bertz CT molecular complexity index is 689. The van der Waals surface area contributed by atoms with E-state index in [1.54, 1.807) is 21.0 Å². The van der Waals surface area contributed by atoms with Crippen molar-refractivity contribution < 1.29 is 19.1 Å². The fourth-order valence-electron chi connectivity index (χ4n) is 3.76. The van der Waals surface area contributed by atoms with E-state index < -0.39 is 5.41 Å². The summed E-state index contributed by atoms with van der Waals surface area (Å²) in [6.07, 6.45) is 1.98. The summed E-state index contributed by atoms with van der Waals surface area (Å²) in [5, 5.41) is 0. The van der Waals surface area contributed by atoms with Crippen LogP contribution in [0.2, 0.25) is 0 Å². The molecule has 1 aliphatic rings. The molecule has 142 valence electrons. The quantitative estimate of drug-likeness (QED) is 0.685. The Morgan fingerprint density at radius 3 is 2.42 bits per heavy atom. The maximum atomic E-state index is 13.1. The number of hydrogen-bond acceptors (Lipinski definition) is 4. The van der Waals surface area contributed by atoms with E-state index in [-0.39, 0.29) is 29.3 Å². The minimum atomic E-state index is -0.971. The first kappa shape index (κ1) is 20.4. The average molecular weight is 358 g/mol. The second kappa shape index (κ2) is 8.17. The van der Waals surface area contributed by atoms with Gasteiger partial charge in [-0.05, 0) is 49.0 Å². The van der Waals surface area contributed by atoms with Crippen LogP contribution >= 0.6 is 0 Å². The van der Waals surface area contributed by atoms with Crippen LogP contribution in [-0.2, 0) is 20.9 Å². The zero-order valence-corrected chi connectivity index (χ0v) is 16.7. The highest BCUT2D eigenvalue weighted by molar-refractivity contribution is 6.15. The monoisotopic (exact) mass is 358 g/mol. The lowest BCUT2D eigenvalue weighted by Crippen LogP contribution is -2.49. The van der Waals surface area contributed by atoms with Gasteiger partial charge in [0, 0.05) is 5.92 Å². The third-order valence-electron chi connectivity index (χ3n) is 5.80. The standard InChI is InChI=1S/C22H30O4/c1-14-11-15(2)20(23)22(5,17(14)4)21(24)16(3)12-26-13-18-7-9-19(25-6)10-8-18/h7-11,14,16-17H,12-13H2,1-6H3/t14-,16+,17-,22?/m1/s1. The van der Waals surface area contributed by atoms with Gasteiger partial charge < -0.3 is 9.47 Å². The lowest BCUT2D eigenvalue weighted by atomic mass is 9.60. The van der Waals surface area contributed by atoms with Gasteiger partial charge >= 0.3 is 0 Å². The molecule has 0 radical (unpaired) electrons. The minimum Gasteiger partial charge on any atom is -0.497 e. The first-order valence-corrected chi connectivity index (χ1v) is 9.20. The van der Waals surface area contributed by atoms with Crippen LogP contribution in [0, 0.1) is 23.2 Å². The zero-order chi connectivity index (χ0) is 19.5. The summed E-state index contributed by atoms with van der Waals surface area (Å²) in [6.45, 7) is 10.2. The summed E-state index contributed by atoms with van der Waals surface area (Å²) in [6, 6.07) is 7.64. The molecule has 0 amide bonds. The predicted octanol–water partition coefficient (Wildman–Crippen LogP) is 4.22. The fraction of sp³-hybridized carbons (Fsp3) is 0.545. The van der Waals surface area contributed by atoms with Crippen LogP contribution in [0.15, 0.2) is 35.9 Å². The van der Waals surface area contributed by atoms with E-state index in [1.165, 1.54) is 0 Å². The van der Waals surface area contributed by atoms with E-state index >= 15 is 0 Å². The molecule has 4 atom stereocenters. The first-order valence-electron chi connectivity index (χ1n) is 9.20. The number of carbonyl (C=O) groups is 2. The van der Waals surface area contributed by atoms with Crippen LogP contribution < -0.4 is 4.74 Å². The molecule has 0 aromatic heterocycles. The van der Waals surface area contributed by atoms with Gasteiger partial charge in [0.1, 0.15) is 5.75 Å². The van der Waals surface area contributed by atoms with Gasteiger partial charge in [-0.3, -0.25) is 9.59 Å². The molecule has 0 bridgehead atoms. The molecular weight excluding hydrogens is 328 g/mol. The smallest absolute Gasteiger partial charge is 0.171 e. The zero-order valence-electron chi connectivity index (χ0n) is 16.7. The highest BCUT2D eigenvalue weighted by atomic mass is 16.5. The Morgan fingerprint density at radius 2 is 1.85 bits per heavy atom. The summed E-state index contributed by atoms with van der Waals surface area (Å²) in [5.74, 6) is 0.582. The van der Waals surface area contributed by atoms with Crippen molar-refractivity contribution in [2.24, 2.45) is 23.2 Å². The number of hydrogen-bond donors (Lipinski definition) is 0. The summed E-state index contributed by atoms with van der Waals surface area (Å²) in [5.41, 5.74) is 0.741. The molecule has 1 unspecified atom stereocenters. The molecule has 0 saturated carbocycles. The molecule has 0 N–H and O–H groups in total. The van der Waals surface area contributed by atoms with Gasteiger partial charge in [-0.15, -0.1) is 0 Å². The van der Waals surface area contributed by atoms with Crippen molar-refractivity contribution in [2.45, 2.75) is 41.2 Å². The number of allylic oxidation sites excluding steroid dienone is 2. The number of ketones is 2. The molecule has 4 heteroatoms. The lowest BCUT2D eigenvalue weighted by molar-refractivity contribution is -0.146. The summed E-state index contributed by atoms with van der Waals surface area (Å²) >= 11 is 0. The van der Waals surface area contributed by atoms with Crippen LogP contribution in [0.4, 0.5) is 0 Å². The highest BCUT2D eigenvalue weighted by Crippen LogP contribution is 2.43. The number of carbonyl (C=O) groups excluding carboxylic acids is 2. The summed E-state index contributed by atoms with van der Waals surface area (Å²) in [4.78, 5) is 25.9. The van der Waals surface area contributed by atoms with Crippen molar-refractivity contribution in [2.75, 3.05) is 13.7 Å². The largest absolute Gasteiger partial charge is 0.497 e. The van der Waals surface area contributed by atoms with Gasteiger partial charge in [-0.2, -0.15) is 0 Å². The van der Waals surface area contributed by atoms with Crippen molar-refractivity contribution in [3.8, 4) is 5.75 Å². The third-order valence-corrected chi connectivity index (χ3v) is 5.80. The number of rotatable bonds is 7. The second-order valence-corrected chi connectivity index (χ2v) is 7.66. The SMILES string of the molecule is COc1ccc(COC[C@H](C)C(=O)C2(C)C(=O)C(C)=C[C@@H](C)[C@H]2C)cc1. The Morgan fingerprint density at radius 1 is 1.23 bits per heavy atom. The van der Waals surface area contributed by atoms with Gasteiger partial charge in [-0.25, -0.2) is 0 Å². The van der Waals surface area contributed by atoms with Crippen LogP contribution in [0.1, 0.15) is 40.2 Å². The lowest BCUT2D eigenvalue weighted by Gasteiger charge is -2.40. The molecule has 0 aliphatic heterocycles. The van der Waals surface area contributed by atoms with Crippen molar-refractivity contribution in [3.63, 3.8) is 0 Å². The molecule has 4 nitrogen and oxygen atoms in total. The normalized spacial score (nSPS) is 27.0. The Kier molecular flexibility index (Phi) is 6.40. The van der Waals surface area contributed by atoms with Gasteiger partial charge in [-0.1, -0.05) is 39.0 Å². The fourth-order valence-corrected chi connectivity index (χ4v) is 3.76. The van der Waals surface area contributed by atoms with Gasteiger partial charge in [0.15, 0.2) is 11.6 Å². The van der Waals surface area contributed by atoms with Crippen molar-refractivity contribution in [1.29, 1.82) is 0 Å². The minimum absolute atomic E-state index is 0.0183. The van der Waals surface area contributed by atoms with E-state index in [0.717, 1.165) is 11.3 Å². The maximum absolute atomic E-state index is 13.1. The summed E-state index contributed by atoms with van der Waals surface area (Å²) < 4.78 is 10.9. The molecule has 1 aromatic rings. The highest BCUT2D eigenvalue weighted by Gasteiger charge is 2.50. The molecule has 0 spiro atoms. The molecule has 0 saturated heterocycles. The Labute approximate surface area is 156 Å². The number of ether oxygens (including phenoxy) is 2. The molecule has 26 heavy (non-hydrogen) atoms. The van der Waals surface area contributed by atoms with Gasteiger partial charge in [0.25, 0.3) is 0 Å². The molecule has 1 aliphatic carbocycles. The molecular formula is C22H30O4. The molecule has 0 heterocycles. The number of benzene rings is 1. The molecule has 1 aromatic carbocycles. The second-order valence-electron chi connectivity index (χ2n) is 7.66. The third kappa shape index (κ3) is 3.90. The molecule has 0 fully saturated rings. The van der Waals surface area contributed by atoms with Crippen LogP contribution in [-0.4, -0.2) is 25.3 Å². The van der Waals surface area contributed by atoms with E-state index in [0.29, 0.717) is 18.8 Å². The first-order chi connectivity index (χ1) is 12.2. The van der Waals surface area contributed by atoms with Gasteiger partial charge in [0.2, 0.25) is 0 Å². The van der Waals surface area contributed by atoms with Crippen molar-refractivity contribution >= 4 is 11.6 Å². The molecule has 2 rings (SSSR count). The average Bonchev–Trinajstić information content (AvgIpc) is 2.64. The Hall–Kier alpha value is -1.94. The maximum Gasteiger partial charge on any atom is 0.171 e. The van der Waals surface area contributed by atoms with Crippen molar-refractivity contribution in [3.05, 3.63) is 41.5 Å². The van der Waals surface area contributed by atoms with Crippen LogP contribution in [0.25, 0.3) is 0 Å². The van der Waals surface area contributed by atoms with E-state index in [4.69, 9.17) is 9.47 Å². The van der Waals surface area contributed by atoms with Crippen molar-refractivity contribution in [1.82, 2.24) is 0 Å². The number of methoxy groups -OCH3 is 1. The van der Waals surface area contributed by atoms with E-state index in [1.807, 2.05) is 44.2 Å². The summed E-state index contributed by atoms with van der Waals surface area (Å²) in [7, 11) is 1.63. The topological polar surface area (TPSA) is 52.6 Å². The van der Waals surface area contributed by atoms with E-state index in [9.17, 15) is 9.59 Å². The van der Waals surface area contributed by atoms with Crippen LogP contribution in [0.3, 0.4) is 0 Å².